The molecule has 0 aliphatic carbocycles. The van der Waals surface area contributed by atoms with Crippen molar-refractivity contribution >= 4 is 46.7 Å². The summed E-state index contributed by atoms with van der Waals surface area (Å²) in [4.78, 5) is 11.6. The monoisotopic (exact) mass is 298 g/mol. The normalized spacial score (nSPS) is 8.88. The number of thiocarbonyl (C=S) groups is 1. The van der Waals surface area contributed by atoms with E-state index in [4.69, 9.17) is 11.6 Å². The molecular weight excluding hydrogens is 291 g/mol. The number of carbonyl (C=O) groups is 1. The van der Waals surface area contributed by atoms with Crippen molar-refractivity contribution < 1.29 is 56.2 Å². The zero-order valence-electron chi connectivity index (χ0n) is 8.83. The second kappa shape index (κ2) is 7.94. The fourth-order valence-corrected chi connectivity index (χ4v) is 1.39. The Kier molecular flexibility index (Phi) is 8.30. The molecule has 1 aromatic rings. The molecule has 2 N–H and O–H groups in total. The van der Waals surface area contributed by atoms with Gasteiger partial charge in [-0.05, 0) is 35.0 Å². The van der Waals surface area contributed by atoms with Gasteiger partial charge in [-0.3, -0.25) is 10.2 Å². The molecule has 0 unspecified atom stereocenters. The van der Waals surface area contributed by atoms with Crippen LogP contribution in [0.15, 0.2) is 18.2 Å². The summed E-state index contributed by atoms with van der Waals surface area (Å²) in [6, 6.07) is 5.00. The first-order valence-corrected chi connectivity index (χ1v) is 5.23. The maximum atomic E-state index is 11.6. The van der Waals surface area contributed by atoms with Crippen molar-refractivity contribution in [3.63, 3.8) is 0 Å². The van der Waals surface area contributed by atoms with E-state index in [9.17, 15) is 4.79 Å². The average molecular weight is 299 g/mol. The zero-order valence-corrected chi connectivity index (χ0v) is 14.3. The molecule has 0 fully saturated rings. The third-order valence-corrected chi connectivity index (χ3v) is 2.15. The molecule has 3 nitrogen and oxygen atoms in total. The van der Waals surface area contributed by atoms with Crippen LogP contribution in [0.2, 0.25) is 5.02 Å². The smallest absolute Gasteiger partial charge is 0.410 e. The Morgan fingerprint density at radius 3 is 2.56 bits per heavy atom. The van der Waals surface area contributed by atoms with Crippen LogP contribution in [0.4, 0.5) is 0 Å². The molecule has 7 heteroatoms. The Morgan fingerprint density at radius 1 is 1.44 bits per heavy atom. The number of rotatable bonds is 1. The van der Waals surface area contributed by atoms with E-state index in [1.807, 2.05) is 0 Å². The van der Waals surface area contributed by atoms with Crippen molar-refractivity contribution in [1.82, 2.24) is 10.9 Å². The van der Waals surface area contributed by atoms with Crippen LogP contribution in [0.1, 0.15) is 15.9 Å². The minimum absolute atomic E-state index is 0. The van der Waals surface area contributed by atoms with E-state index in [2.05, 4.69) is 35.7 Å². The molecule has 16 heavy (non-hydrogen) atoms. The molecule has 1 rings (SSSR count). The third kappa shape index (κ3) is 5.37. The molecule has 0 heterocycles. The Labute approximate surface area is 152 Å². The molecule has 0 bridgehead atoms. The minimum Gasteiger partial charge on any atom is -0.410 e. The molecule has 0 aromatic heterocycles. The van der Waals surface area contributed by atoms with Crippen LogP contribution in [0, 0.1) is 6.92 Å². The minimum atomic E-state index is -0.295. The SMILES string of the molecule is Cc1cc(Cl)ccc1C(=O)NNC(=S)[S-].[K+]. The van der Waals surface area contributed by atoms with Gasteiger partial charge in [0.05, 0.1) is 0 Å². The van der Waals surface area contributed by atoms with Gasteiger partial charge in [0, 0.05) is 10.6 Å². The fraction of sp³-hybridized carbons (Fsp3) is 0.111. The Hall–Kier alpha value is 0.726. The molecule has 80 valence electrons. The van der Waals surface area contributed by atoms with Crippen LogP contribution in [-0.2, 0) is 12.6 Å². The number of hydrogen-bond acceptors (Lipinski definition) is 3. The number of benzene rings is 1. The van der Waals surface area contributed by atoms with E-state index in [0.29, 0.717) is 10.6 Å². The average Bonchev–Trinajstić information content (AvgIpc) is 2.14. The summed E-state index contributed by atoms with van der Waals surface area (Å²) in [5.74, 6) is -0.295. The second-order valence-corrected chi connectivity index (χ2v) is 4.34. The van der Waals surface area contributed by atoms with Crippen LogP contribution in [0.5, 0.6) is 0 Å². The van der Waals surface area contributed by atoms with E-state index in [1.54, 1.807) is 25.1 Å². The number of amides is 1. The van der Waals surface area contributed by atoms with Gasteiger partial charge in [-0.1, -0.05) is 11.6 Å². The summed E-state index contributed by atoms with van der Waals surface area (Å²) >= 11 is 14.9. The first kappa shape index (κ1) is 16.7. The third-order valence-electron chi connectivity index (χ3n) is 1.71. The number of nitrogens with one attached hydrogen (secondary N) is 2. The molecule has 0 radical (unpaired) electrons. The maximum absolute atomic E-state index is 11.6. The van der Waals surface area contributed by atoms with Crippen molar-refractivity contribution in [2.24, 2.45) is 0 Å². The summed E-state index contributed by atoms with van der Waals surface area (Å²) < 4.78 is 0.0926. The summed E-state index contributed by atoms with van der Waals surface area (Å²) in [5, 5.41) is 0.593. The maximum Gasteiger partial charge on any atom is 1.00 e. The van der Waals surface area contributed by atoms with E-state index in [-0.39, 0.29) is 61.6 Å². The van der Waals surface area contributed by atoms with Gasteiger partial charge in [0.1, 0.15) is 0 Å². The number of carbonyl (C=O) groups excluding carboxylic acids is 1. The van der Waals surface area contributed by atoms with Crippen LogP contribution in [0.25, 0.3) is 0 Å². The van der Waals surface area contributed by atoms with Gasteiger partial charge in [0.25, 0.3) is 5.91 Å². The van der Waals surface area contributed by atoms with Gasteiger partial charge in [-0.2, -0.15) is 0 Å². The summed E-state index contributed by atoms with van der Waals surface area (Å²) in [5.41, 5.74) is 6.10. The van der Waals surface area contributed by atoms with Crippen molar-refractivity contribution in [3.8, 4) is 0 Å². The largest absolute Gasteiger partial charge is 1.00 e. The molecule has 1 aromatic carbocycles. The Bertz CT molecular complexity index is 414. The fourth-order valence-electron chi connectivity index (χ4n) is 1.06. The van der Waals surface area contributed by atoms with Gasteiger partial charge in [0.15, 0.2) is 0 Å². The van der Waals surface area contributed by atoms with E-state index >= 15 is 0 Å². The second-order valence-electron chi connectivity index (χ2n) is 2.83. The molecule has 0 spiro atoms. The first-order chi connectivity index (χ1) is 7.00. The van der Waals surface area contributed by atoms with Crippen molar-refractivity contribution in [3.05, 3.63) is 34.3 Å². The number of hydrogen-bond donors (Lipinski definition) is 2. The van der Waals surface area contributed by atoms with Gasteiger partial charge in [0.2, 0.25) is 0 Å². The molecule has 0 aliphatic heterocycles. The van der Waals surface area contributed by atoms with Crippen LogP contribution in [-0.4, -0.2) is 10.2 Å². The van der Waals surface area contributed by atoms with E-state index in [1.165, 1.54) is 0 Å². The van der Waals surface area contributed by atoms with Crippen molar-refractivity contribution in [2.75, 3.05) is 0 Å². The quantitative estimate of drug-likeness (QED) is 0.293. The van der Waals surface area contributed by atoms with Gasteiger partial charge in [-0.15, -0.1) is 0 Å². The van der Waals surface area contributed by atoms with Gasteiger partial charge >= 0.3 is 51.4 Å². The number of hydrazine groups is 1. The van der Waals surface area contributed by atoms with Crippen LogP contribution in [0.3, 0.4) is 0 Å². The van der Waals surface area contributed by atoms with Crippen molar-refractivity contribution in [1.29, 1.82) is 0 Å². The van der Waals surface area contributed by atoms with E-state index < -0.39 is 0 Å². The van der Waals surface area contributed by atoms with Crippen LogP contribution >= 0.6 is 23.8 Å². The van der Waals surface area contributed by atoms with E-state index in [0.717, 1.165) is 5.56 Å². The first-order valence-electron chi connectivity index (χ1n) is 4.04. The molecule has 0 atom stereocenters. The summed E-state index contributed by atoms with van der Waals surface area (Å²) in [7, 11) is 0. The number of halogens is 1. The molecule has 1 amide bonds. The Balaban J connectivity index is 0.00000225. The molecule has 0 aliphatic rings. The Morgan fingerprint density at radius 2 is 2.06 bits per heavy atom. The van der Waals surface area contributed by atoms with Crippen molar-refractivity contribution in [2.45, 2.75) is 6.92 Å². The molecule has 0 saturated heterocycles. The standard InChI is InChI=1S/C9H9ClN2OS2.K/c1-5-4-6(10)2-3-7(5)8(13)11-12-9(14)15;/h2-4H,1H3,(H,11,13)(H2,12,14,15);/q;+1/p-1. The zero-order chi connectivity index (χ0) is 11.4. The van der Waals surface area contributed by atoms with Gasteiger partial charge in [-0.25, -0.2) is 0 Å². The summed E-state index contributed by atoms with van der Waals surface area (Å²) in [6.07, 6.45) is 0. The summed E-state index contributed by atoms with van der Waals surface area (Å²) in [6.45, 7) is 1.80. The van der Waals surface area contributed by atoms with Gasteiger partial charge < -0.3 is 30.3 Å². The molecule has 0 saturated carbocycles. The predicted octanol–water partition coefficient (Wildman–Crippen LogP) is -1.28. The molecular formula is C9H8ClKN2OS2. The van der Waals surface area contributed by atoms with Crippen LogP contribution < -0.4 is 62.2 Å². The topological polar surface area (TPSA) is 41.1 Å². The number of aryl methyl sites for hydroxylation is 1. The predicted molar refractivity (Wildman–Crippen MR) is 66.8 cm³/mol.